The minimum Gasteiger partial charge on any atom is -0.464 e. The van der Waals surface area contributed by atoms with Gasteiger partial charge in [0.2, 0.25) is 0 Å². The molecule has 2 nitrogen and oxygen atoms in total. The van der Waals surface area contributed by atoms with E-state index in [2.05, 4.69) is 12.2 Å². The number of nitrogens with one attached hydrogen (secondary N) is 1. The fourth-order valence-corrected chi connectivity index (χ4v) is 2.12. The van der Waals surface area contributed by atoms with E-state index in [1.165, 1.54) is 0 Å². The molecule has 0 amide bonds. The lowest BCUT2D eigenvalue weighted by molar-refractivity contribution is 0.476. The molecule has 2 aromatic rings. The predicted molar refractivity (Wildman–Crippen MR) is 76.6 cm³/mol. The standard InChI is InChI=1S/C14H15Cl2NO/c1-3-10-4-5-11(18-10)8-17-14-7-12(15)9(2)6-13(14)16/h4-7,17H,3,8H2,1-2H3. The maximum Gasteiger partial charge on any atom is 0.123 e. The number of halogens is 2. The van der Waals surface area contributed by atoms with Crippen LogP contribution in [0.25, 0.3) is 0 Å². The second-order valence-electron chi connectivity index (χ2n) is 4.16. The number of anilines is 1. The summed E-state index contributed by atoms with van der Waals surface area (Å²) >= 11 is 12.2. The highest BCUT2D eigenvalue weighted by molar-refractivity contribution is 6.35. The van der Waals surface area contributed by atoms with Crippen molar-refractivity contribution in [3.05, 3.63) is 51.4 Å². The highest BCUT2D eigenvalue weighted by Gasteiger charge is 2.06. The van der Waals surface area contributed by atoms with Gasteiger partial charge in [0.15, 0.2) is 0 Å². The smallest absolute Gasteiger partial charge is 0.123 e. The van der Waals surface area contributed by atoms with Crippen LogP contribution in [0.3, 0.4) is 0 Å². The number of benzene rings is 1. The van der Waals surface area contributed by atoms with Crippen LogP contribution in [0.5, 0.6) is 0 Å². The first kappa shape index (κ1) is 13.3. The number of hydrogen-bond donors (Lipinski definition) is 1. The van der Waals surface area contributed by atoms with Gasteiger partial charge in [0.25, 0.3) is 0 Å². The topological polar surface area (TPSA) is 25.2 Å². The van der Waals surface area contributed by atoms with E-state index >= 15 is 0 Å². The Kier molecular flexibility index (Phi) is 4.20. The van der Waals surface area contributed by atoms with E-state index in [9.17, 15) is 0 Å². The Balaban J connectivity index is 2.08. The maximum absolute atomic E-state index is 6.15. The van der Waals surface area contributed by atoms with Crippen molar-refractivity contribution < 1.29 is 4.42 Å². The van der Waals surface area contributed by atoms with Crippen LogP contribution in [0.15, 0.2) is 28.7 Å². The van der Waals surface area contributed by atoms with Crippen LogP contribution in [0, 0.1) is 6.92 Å². The summed E-state index contributed by atoms with van der Waals surface area (Å²) < 4.78 is 5.61. The van der Waals surface area contributed by atoms with Crippen LogP contribution in [0.1, 0.15) is 24.0 Å². The van der Waals surface area contributed by atoms with Crippen molar-refractivity contribution >= 4 is 28.9 Å². The van der Waals surface area contributed by atoms with Crippen LogP contribution in [0.2, 0.25) is 10.0 Å². The number of furan rings is 1. The molecule has 0 aliphatic rings. The summed E-state index contributed by atoms with van der Waals surface area (Å²) in [4.78, 5) is 0. The molecule has 0 unspecified atom stereocenters. The molecular weight excluding hydrogens is 269 g/mol. The van der Waals surface area contributed by atoms with E-state index in [1.807, 2.05) is 31.2 Å². The van der Waals surface area contributed by atoms with Crippen molar-refractivity contribution in [2.45, 2.75) is 26.8 Å². The molecule has 0 atom stereocenters. The summed E-state index contributed by atoms with van der Waals surface area (Å²) in [6, 6.07) is 7.64. The first-order valence-corrected chi connectivity index (χ1v) is 6.63. The summed E-state index contributed by atoms with van der Waals surface area (Å²) in [5.74, 6) is 1.87. The Morgan fingerprint density at radius 2 is 1.83 bits per heavy atom. The molecule has 0 spiro atoms. The van der Waals surface area contributed by atoms with Gasteiger partial charge >= 0.3 is 0 Å². The van der Waals surface area contributed by atoms with Crippen molar-refractivity contribution in [3.63, 3.8) is 0 Å². The van der Waals surface area contributed by atoms with Gasteiger partial charge in [-0.25, -0.2) is 0 Å². The summed E-state index contributed by atoms with van der Waals surface area (Å²) in [6.45, 7) is 4.59. The highest BCUT2D eigenvalue weighted by atomic mass is 35.5. The molecule has 1 aromatic carbocycles. The van der Waals surface area contributed by atoms with E-state index in [0.717, 1.165) is 29.2 Å². The Hall–Kier alpha value is -1.12. The predicted octanol–water partition coefficient (Wildman–Crippen LogP) is 5.07. The first-order chi connectivity index (χ1) is 8.60. The van der Waals surface area contributed by atoms with Crippen molar-refractivity contribution in [1.82, 2.24) is 0 Å². The van der Waals surface area contributed by atoms with Crippen molar-refractivity contribution in [3.8, 4) is 0 Å². The van der Waals surface area contributed by atoms with Gasteiger partial charge in [0.05, 0.1) is 17.3 Å². The van der Waals surface area contributed by atoms with Crippen LogP contribution < -0.4 is 5.32 Å². The van der Waals surface area contributed by atoms with Gasteiger partial charge in [0, 0.05) is 11.4 Å². The minimum atomic E-state index is 0.596. The normalized spacial score (nSPS) is 10.7. The quantitative estimate of drug-likeness (QED) is 0.848. The lowest BCUT2D eigenvalue weighted by Crippen LogP contribution is -1.99. The molecule has 1 N–H and O–H groups in total. The monoisotopic (exact) mass is 283 g/mol. The molecule has 0 radical (unpaired) electrons. The van der Waals surface area contributed by atoms with Gasteiger partial charge in [-0.1, -0.05) is 30.1 Å². The van der Waals surface area contributed by atoms with E-state index in [4.69, 9.17) is 27.6 Å². The van der Waals surface area contributed by atoms with E-state index in [1.54, 1.807) is 0 Å². The van der Waals surface area contributed by atoms with Crippen LogP contribution in [-0.2, 0) is 13.0 Å². The zero-order chi connectivity index (χ0) is 13.1. The number of rotatable bonds is 4. The lowest BCUT2D eigenvalue weighted by Gasteiger charge is -2.09. The van der Waals surface area contributed by atoms with Crippen LogP contribution >= 0.6 is 23.2 Å². The van der Waals surface area contributed by atoms with Gasteiger partial charge < -0.3 is 9.73 Å². The molecule has 0 aliphatic heterocycles. The molecule has 2 rings (SSSR count). The summed E-state index contributed by atoms with van der Waals surface area (Å²) in [6.07, 6.45) is 0.900. The van der Waals surface area contributed by atoms with E-state index in [-0.39, 0.29) is 0 Å². The van der Waals surface area contributed by atoms with Crippen LogP contribution in [-0.4, -0.2) is 0 Å². The fourth-order valence-electron chi connectivity index (χ4n) is 1.67. The molecule has 18 heavy (non-hydrogen) atoms. The summed E-state index contributed by atoms with van der Waals surface area (Å²) in [5, 5.41) is 4.59. The van der Waals surface area contributed by atoms with Gasteiger partial charge in [0.1, 0.15) is 11.5 Å². The van der Waals surface area contributed by atoms with E-state index < -0.39 is 0 Å². The average molecular weight is 284 g/mol. The molecule has 1 heterocycles. The second kappa shape index (κ2) is 5.68. The number of aryl methyl sites for hydroxylation is 2. The zero-order valence-corrected chi connectivity index (χ0v) is 11.9. The Morgan fingerprint density at radius 3 is 2.50 bits per heavy atom. The molecule has 0 saturated carbocycles. The first-order valence-electron chi connectivity index (χ1n) is 5.87. The summed E-state index contributed by atoms with van der Waals surface area (Å²) in [5.41, 5.74) is 1.79. The minimum absolute atomic E-state index is 0.596. The third-order valence-corrected chi connectivity index (χ3v) is 3.49. The van der Waals surface area contributed by atoms with Gasteiger partial charge in [-0.15, -0.1) is 0 Å². The Morgan fingerprint density at radius 1 is 1.11 bits per heavy atom. The molecule has 1 aromatic heterocycles. The molecule has 0 fully saturated rings. The van der Waals surface area contributed by atoms with Gasteiger partial charge in [-0.3, -0.25) is 0 Å². The van der Waals surface area contributed by atoms with Crippen LogP contribution in [0.4, 0.5) is 5.69 Å². The molecule has 0 aliphatic carbocycles. The lowest BCUT2D eigenvalue weighted by atomic mass is 10.2. The van der Waals surface area contributed by atoms with Gasteiger partial charge in [-0.05, 0) is 36.8 Å². The third kappa shape index (κ3) is 3.01. The Bertz CT molecular complexity index is 549. The molecule has 96 valence electrons. The van der Waals surface area contributed by atoms with Gasteiger partial charge in [-0.2, -0.15) is 0 Å². The van der Waals surface area contributed by atoms with Crippen molar-refractivity contribution in [2.24, 2.45) is 0 Å². The molecule has 4 heteroatoms. The highest BCUT2D eigenvalue weighted by Crippen LogP contribution is 2.29. The fraction of sp³-hybridized carbons (Fsp3) is 0.286. The van der Waals surface area contributed by atoms with Crippen molar-refractivity contribution in [1.29, 1.82) is 0 Å². The Labute approximate surface area is 117 Å². The molecular formula is C14H15Cl2NO. The molecule has 0 bridgehead atoms. The number of hydrogen-bond acceptors (Lipinski definition) is 2. The van der Waals surface area contributed by atoms with E-state index in [0.29, 0.717) is 16.6 Å². The average Bonchev–Trinajstić information content (AvgIpc) is 2.80. The summed E-state index contributed by atoms with van der Waals surface area (Å²) in [7, 11) is 0. The molecule has 0 saturated heterocycles. The van der Waals surface area contributed by atoms with Crippen molar-refractivity contribution in [2.75, 3.05) is 5.32 Å². The second-order valence-corrected chi connectivity index (χ2v) is 4.97. The SMILES string of the molecule is CCc1ccc(CNc2cc(Cl)c(C)cc2Cl)o1. The largest absolute Gasteiger partial charge is 0.464 e. The maximum atomic E-state index is 6.15. The zero-order valence-electron chi connectivity index (χ0n) is 10.4. The third-order valence-electron chi connectivity index (χ3n) is 2.77.